The van der Waals surface area contributed by atoms with Crippen molar-refractivity contribution < 1.29 is 4.79 Å². The third-order valence-electron chi connectivity index (χ3n) is 4.93. The van der Waals surface area contributed by atoms with Crippen LogP contribution < -0.4 is 0 Å². The predicted molar refractivity (Wildman–Crippen MR) is 109 cm³/mol. The molecule has 1 aliphatic rings. The van der Waals surface area contributed by atoms with Gasteiger partial charge in [0.2, 0.25) is 0 Å². The van der Waals surface area contributed by atoms with E-state index in [0.717, 1.165) is 38.4 Å². The number of rotatable bonds is 5. The summed E-state index contributed by atoms with van der Waals surface area (Å²) >= 11 is 0. The fraction of sp³-hybridized carbons (Fsp3) is 0.227. The minimum absolute atomic E-state index is 0.0876. The van der Waals surface area contributed by atoms with Gasteiger partial charge in [0.25, 0.3) is 5.91 Å². The first-order valence-corrected chi connectivity index (χ1v) is 9.48. The van der Waals surface area contributed by atoms with Crippen molar-refractivity contribution in [2.24, 2.45) is 0 Å². The van der Waals surface area contributed by atoms with E-state index in [1.165, 1.54) is 11.9 Å². The zero-order chi connectivity index (χ0) is 19.2. The molecule has 0 N–H and O–H groups in total. The molecule has 6 nitrogen and oxygen atoms in total. The second kappa shape index (κ2) is 8.63. The summed E-state index contributed by atoms with van der Waals surface area (Å²) in [5.41, 5.74) is 2.82. The van der Waals surface area contributed by atoms with Gasteiger partial charge in [-0.15, -0.1) is 0 Å². The summed E-state index contributed by atoms with van der Waals surface area (Å²) in [6.45, 7) is 4.19. The van der Waals surface area contributed by atoms with Gasteiger partial charge < -0.3 is 4.90 Å². The molecule has 1 aromatic heterocycles. The maximum atomic E-state index is 12.8. The summed E-state index contributed by atoms with van der Waals surface area (Å²) in [7, 11) is 0. The maximum absolute atomic E-state index is 12.8. The van der Waals surface area contributed by atoms with Crippen LogP contribution in [0.25, 0.3) is 11.8 Å². The Morgan fingerprint density at radius 3 is 2.39 bits per heavy atom. The molecule has 1 amide bonds. The zero-order valence-corrected chi connectivity index (χ0v) is 15.7. The molecule has 3 aromatic rings. The lowest BCUT2D eigenvalue weighted by molar-refractivity contribution is 0.0650. The van der Waals surface area contributed by atoms with E-state index in [2.05, 4.69) is 39.3 Å². The maximum Gasteiger partial charge on any atom is 0.253 e. The number of hydrogen-bond acceptors (Lipinski definition) is 4. The third-order valence-corrected chi connectivity index (χ3v) is 4.93. The lowest BCUT2D eigenvalue weighted by Crippen LogP contribution is -2.48. The summed E-state index contributed by atoms with van der Waals surface area (Å²) in [4.78, 5) is 21.0. The van der Waals surface area contributed by atoms with Crippen LogP contribution in [0.3, 0.4) is 0 Å². The second-order valence-corrected chi connectivity index (χ2v) is 6.79. The fourth-order valence-electron chi connectivity index (χ4n) is 3.32. The molecule has 0 aliphatic carbocycles. The van der Waals surface area contributed by atoms with Crippen LogP contribution in [0.5, 0.6) is 0 Å². The molecule has 28 heavy (non-hydrogen) atoms. The fourth-order valence-corrected chi connectivity index (χ4v) is 3.32. The minimum Gasteiger partial charge on any atom is -0.336 e. The topological polar surface area (TPSA) is 54.3 Å². The number of hydrogen-bond donors (Lipinski definition) is 0. The normalized spacial score (nSPS) is 15.2. The summed E-state index contributed by atoms with van der Waals surface area (Å²) in [5, 5.41) is 4.10. The molecule has 0 atom stereocenters. The number of aromatic nitrogens is 3. The Kier molecular flexibility index (Phi) is 5.58. The number of piperazine rings is 1. The zero-order valence-electron chi connectivity index (χ0n) is 15.7. The van der Waals surface area contributed by atoms with Crippen molar-refractivity contribution in [1.29, 1.82) is 0 Å². The van der Waals surface area contributed by atoms with Gasteiger partial charge in [0.1, 0.15) is 12.7 Å². The highest BCUT2D eigenvalue weighted by molar-refractivity contribution is 5.94. The van der Waals surface area contributed by atoms with Crippen molar-refractivity contribution in [3.05, 3.63) is 84.5 Å². The third kappa shape index (κ3) is 4.35. The number of amides is 1. The largest absolute Gasteiger partial charge is 0.336 e. The Labute approximate surface area is 164 Å². The molecular weight excluding hydrogens is 350 g/mol. The highest BCUT2D eigenvalue weighted by Gasteiger charge is 2.21. The van der Waals surface area contributed by atoms with Crippen molar-refractivity contribution in [2.75, 3.05) is 32.7 Å². The Bertz CT molecular complexity index is 911. The van der Waals surface area contributed by atoms with E-state index in [9.17, 15) is 4.79 Å². The summed E-state index contributed by atoms with van der Waals surface area (Å²) < 4.78 is 1.68. The van der Waals surface area contributed by atoms with Crippen LogP contribution >= 0.6 is 0 Å². The predicted octanol–water partition coefficient (Wildman–Crippen LogP) is 2.74. The molecule has 0 bridgehead atoms. The van der Waals surface area contributed by atoms with E-state index in [-0.39, 0.29) is 5.91 Å². The van der Waals surface area contributed by atoms with Crippen LogP contribution in [0.1, 0.15) is 15.9 Å². The lowest BCUT2D eigenvalue weighted by atomic mass is 10.1. The van der Waals surface area contributed by atoms with E-state index in [0.29, 0.717) is 5.56 Å². The molecule has 1 saturated heterocycles. The van der Waals surface area contributed by atoms with E-state index >= 15 is 0 Å². The van der Waals surface area contributed by atoms with E-state index in [4.69, 9.17) is 0 Å². The molecule has 0 radical (unpaired) electrons. The molecule has 0 unspecified atom stereocenters. The quantitative estimate of drug-likeness (QED) is 0.690. The number of carbonyl (C=O) groups excluding carboxylic acids is 1. The highest BCUT2D eigenvalue weighted by atomic mass is 16.2. The van der Waals surface area contributed by atoms with Crippen LogP contribution in [-0.4, -0.2) is 63.2 Å². The molecule has 2 aromatic carbocycles. The van der Waals surface area contributed by atoms with Gasteiger partial charge in [-0.1, -0.05) is 42.5 Å². The number of carbonyl (C=O) groups is 1. The Hall–Kier alpha value is -3.25. The second-order valence-electron chi connectivity index (χ2n) is 6.79. The van der Waals surface area contributed by atoms with Crippen LogP contribution in [0.4, 0.5) is 0 Å². The van der Waals surface area contributed by atoms with Gasteiger partial charge in [-0.05, 0) is 29.8 Å². The Balaban J connectivity index is 1.28. The van der Waals surface area contributed by atoms with Crippen LogP contribution in [0.15, 0.2) is 73.3 Å². The van der Waals surface area contributed by atoms with Gasteiger partial charge in [-0.25, -0.2) is 9.67 Å². The van der Waals surface area contributed by atoms with Crippen LogP contribution in [0.2, 0.25) is 0 Å². The van der Waals surface area contributed by atoms with E-state index in [1.54, 1.807) is 11.0 Å². The summed E-state index contributed by atoms with van der Waals surface area (Å²) in [6, 6.07) is 17.8. The Morgan fingerprint density at radius 2 is 1.71 bits per heavy atom. The average molecular weight is 373 g/mol. The summed E-state index contributed by atoms with van der Waals surface area (Å²) in [5.74, 6) is 0.0876. The van der Waals surface area contributed by atoms with Crippen molar-refractivity contribution in [2.45, 2.75) is 0 Å². The summed E-state index contributed by atoms with van der Waals surface area (Å²) in [6.07, 6.45) is 7.47. The number of nitrogens with zero attached hydrogens (tertiary/aromatic N) is 5. The first-order chi connectivity index (χ1) is 13.8. The molecule has 0 spiro atoms. The van der Waals surface area contributed by atoms with Gasteiger partial charge >= 0.3 is 0 Å². The van der Waals surface area contributed by atoms with Gasteiger partial charge in [-0.3, -0.25) is 9.69 Å². The van der Waals surface area contributed by atoms with Gasteiger partial charge in [0.05, 0.1) is 5.69 Å². The molecule has 1 fully saturated rings. The van der Waals surface area contributed by atoms with E-state index in [1.807, 2.05) is 47.4 Å². The monoisotopic (exact) mass is 373 g/mol. The number of benzene rings is 2. The van der Waals surface area contributed by atoms with E-state index < -0.39 is 0 Å². The molecular formula is C22H23N5O. The first kappa shape index (κ1) is 18.1. The lowest BCUT2D eigenvalue weighted by Gasteiger charge is -2.34. The van der Waals surface area contributed by atoms with Crippen LogP contribution in [-0.2, 0) is 0 Å². The van der Waals surface area contributed by atoms with Crippen LogP contribution in [0, 0.1) is 0 Å². The molecule has 6 heteroatoms. The van der Waals surface area contributed by atoms with Gasteiger partial charge in [-0.2, -0.15) is 5.10 Å². The highest BCUT2D eigenvalue weighted by Crippen LogP contribution is 2.12. The SMILES string of the molecule is O=C(c1ccc(-n2cncn2)cc1)N1CCN(C/C=C/c2ccccc2)CC1. The molecule has 4 rings (SSSR count). The Morgan fingerprint density at radius 1 is 0.964 bits per heavy atom. The van der Waals surface area contributed by atoms with Gasteiger partial charge in [0, 0.05) is 38.3 Å². The van der Waals surface area contributed by atoms with Crippen molar-refractivity contribution in [3.63, 3.8) is 0 Å². The first-order valence-electron chi connectivity index (χ1n) is 9.48. The molecule has 142 valence electrons. The average Bonchev–Trinajstić information content (AvgIpc) is 3.30. The molecule has 1 aliphatic heterocycles. The van der Waals surface area contributed by atoms with Gasteiger partial charge in [0.15, 0.2) is 0 Å². The van der Waals surface area contributed by atoms with Crippen molar-refractivity contribution in [1.82, 2.24) is 24.6 Å². The van der Waals surface area contributed by atoms with Crippen molar-refractivity contribution in [3.8, 4) is 5.69 Å². The molecule has 0 saturated carbocycles. The smallest absolute Gasteiger partial charge is 0.253 e. The standard InChI is InChI=1S/C22H23N5O/c28-22(20-8-10-21(11-9-20)27-18-23-17-24-27)26-15-13-25(14-16-26)12-4-7-19-5-2-1-3-6-19/h1-11,17-18H,12-16H2/b7-4+. The molecule has 2 heterocycles. The van der Waals surface area contributed by atoms with Crippen molar-refractivity contribution >= 4 is 12.0 Å². The minimum atomic E-state index is 0.0876.